The van der Waals surface area contributed by atoms with E-state index in [2.05, 4.69) is 4.90 Å². The molecular formula is C16H30N4O2. The minimum atomic E-state index is -0.439. The maximum atomic E-state index is 12.4. The van der Waals surface area contributed by atoms with Crippen LogP contribution in [0.25, 0.3) is 0 Å². The Kier molecular flexibility index (Phi) is 6.20. The van der Waals surface area contributed by atoms with Gasteiger partial charge in [0.2, 0.25) is 11.8 Å². The highest BCUT2D eigenvalue weighted by Gasteiger charge is 2.27. The van der Waals surface area contributed by atoms with Crippen molar-refractivity contribution in [3.05, 3.63) is 0 Å². The van der Waals surface area contributed by atoms with Crippen LogP contribution in [0, 0.1) is 0 Å². The second-order valence-corrected chi connectivity index (χ2v) is 6.69. The van der Waals surface area contributed by atoms with Crippen molar-refractivity contribution in [3.63, 3.8) is 0 Å². The maximum Gasteiger partial charge on any atom is 0.239 e. The van der Waals surface area contributed by atoms with E-state index in [9.17, 15) is 9.59 Å². The number of amides is 2. The zero-order valence-electron chi connectivity index (χ0n) is 14.0. The summed E-state index contributed by atoms with van der Waals surface area (Å²) in [5, 5.41) is 0. The lowest BCUT2D eigenvalue weighted by Crippen LogP contribution is -2.54. The van der Waals surface area contributed by atoms with Crippen LogP contribution in [0.15, 0.2) is 0 Å². The van der Waals surface area contributed by atoms with E-state index in [1.54, 1.807) is 11.8 Å². The van der Waals surface area contributed by atoms with Gasteiger partial charge < -0.3 is 15.5 Å². The number of rotatable bonds is 4. The molecule has 2 N–H and O–H groups in total. The van der Waals surface area contributed by atoms with Crippen LogP contribution < -0.4 is 5.73 Å². The summed E-state index contributed by atoms with van der Waals surface area (Å²) in [6.45, 7) is 5.03. The number of likely N-dealkylation sites (N-methyl/N-ethyl adjacent to an activating group) is 1. The fourth-order valence-electron chi connectivity index (χ4n) is 3.39. The van der Waals surface area contributed by atoms with E-state index >= 15 is 0 Å². The highest BCUT2D eigenvalue weighted by molar-refractivity contribution is 5.81. The normalized spacial score (nSPS) is 22.4. The molecule has 1 saturated carbocycles. The molecule has 126 valence electrons. The fourth-order valence-corrected chi connectivity index (χ4v) is 3.39. The third-order valence-corrected chi connectivity index (χ3v) is 4.95. The number of piperazine rings is 1. The van der Waals surface area contributed by atoms with Crippen molar-refractivity contribution >= 4 is 11.8 Å². The third kappa shape index (κ3) is 4.43. The lowest BCUT2D eigenvalue weighted by atomic mass is 9.94. The van der Waals surface area contributed by atoms with Gasteiger partial charge in [-0.05, 0) is 19.8 Å². The lowest BCUT2D eigenvalue weighted by molar-refractivity contribution is -0.136. The number of nitrogens with two attached hydrogens (primary N) is 1. The van der Waals surface area contributed by atoms with Gasteiger partial charge in [0.15, 0.2) is 0 Å². The monoisotopic (exact) mass is 310 g/mol. The summed E-state index contributed by atoms with van der Waals surface area (Å²) in [6.07, 6.45) is 6.05. The molecule has 1 atom stereocenters. The van der Waals surface area contributed by atoms with Gasteiger partial charge in [-0.25, -0.2) is 0 Å². The molecule has 6 heteroatoms. The van der Waals surface area contributed by atoms with Crippen molar-refractivity contribution in [1.29, 1.82) is 0 Å². The lowest BCUT2D eigenvalue weighted by Gasteiger charge is -2.37. The van der Waals surface area contributed by atoms with Crippen molar-refractivity contribution in [2.75, 3.05) is 39.8 Å². The van der Waals surface area contributed by atoms with Crippen LogP contribution in [0.4, 0.5) is 0 Å². The van der Waals surface area contributed by atoms with E-state index < -0.39 is 6.04 Å². The molecule has 0 aromatic rings. The highest BCUT2D eigenvalue weighted by Crippen LogP contribution is 2.21. The van der Waals surface area contributed by atoms with Gasteiger partial charge in [0, 0.05) is 39.3 Å². The molecule has 0 radical (unpaired) electrons. The predicted molar refractivity (Wildman–Crippen MR) is 86.3 cm³/mol. The first-order valence-electron chi connectivity index (χ1n) is 8.51. The second kappa shape index (κ2) is 7.92. The summed E-state index contributed by atoms with van der Waals surface area (Å²) >= 11 is 0. The van der Waals surface area contributed by atoms with Gasteiger partial charge in [-0.15, -0.1) is 0 Å². The molecule has 0 aromatic heterocycles. The Labute approximate surface area is 133 Å². The summed E-state index contributed by atoms with van der Waals surface area (Å²) in [5.74, 6) is 0.212. The minimum absolute atomic E-state index is 0.00491. The zero-order valence-corrected chi connectivity index (χ0v) is 14.0. The summed E-state index contributed by atoms with van der Waals surface area (Å²) in [6, 6.07) is -0.0205. The second-order valence-electron chi connectivity index (χ2n) is 6.69. The Morgan fingerprint density at radius 1 is 1.14 bits per heavy atom. The Morgan fingerprint density at radius 3 is 2.27 bits per heavy atom. The largest absolute Gasteiger partial charge is 0.342 e. The Morgan fingerprint density at radius 2 is 1.73 bits per heavy atom. The van der Waals surface area contributed by atoms with Crippen LogP contribution in [0.3, 0.4) is 0 Å². The molecule has 1 saturated heterocycles. The zero-order chi connectivity index (χ0) is 16.1. The average Bonchev–Trinajstić information content (AvgIpc) is 2.54. The maximum absolute atomic E-state index is 12.4. The van der Waals surface area contributed by atoms with Crippen LogP contribution >= 0.6 is 0 Å². The molecule has 1 aliphatic heterocycles. The number of nitrogens with zero attached hydrogens (tertiary/aromatic N) is 3. The molecule has 1 aliphatic carbocycles. The van der Waals surface area contributed by atoms with E-state index in [1.807, 2.05) is 11.9 Å². The van der Waals surface area contributed by atoms with Gasteiger partial charge in [-0.1, -0.05) is 19.3 Å². The molecule has 1 unspecified atom stereocenters. The molecule has 6 nitrogen and oxygen atoms in total. The van der Waals surface area contributed by atoms with Gasteiger partial charge in [0.1, 0.15) is 0 Å². The Hall–Kier alpha value is -1.14. The van der Waals surface area contributed by atoms with E-state index in [0.29, 0.717) is 25.7 Å². The quantitative estimate of drug-likeness (QED) is 0.809. The number of hydrogen-bond acceptors (Lipinski definition) is 4. The molecule has 0 spiro atoms. The van der Waals surface area contributed by atoms with Gasteiger partial charge in [-0.2, -0.15) is 0 Å². The van der Waals surface area contributed by atoms with Crippen LogP contribution in [-0.2, 0) is 9.59 Å². The van der Waals surface area contributed by atoms with Crippen LogP contribution in [0.2, 0.25) is 0 Å². The van der Waals surface area contributed by atoms with E-state index in [1.165, 1.54) is 19.3 Å². The van der Waals surface area contributed by atoms with Crippen molar-refractivity contribution in [3.8, 4) is 0 Å². The molecule has 1 heterocycles. The van der Waals surface area contributed by atoms with Crippen LogP contribution in [-0.4, -0.2) is 78.4 Å². The first-order valence-corrected chi connectivity index (χ1v) is 8.51. The van der Waals surface area contributed by atoms with E-state index in [-0.39, 0.29) is 11.8 Å². The number of hydrogen-bond donors (Lipinski definition) is 1. The Balaban J connectivity index is 1.75. The predicted octanol–water partition coefficient (Wildman–Crippen LogP) is 0.269. The van der Waals surface area contributed by atoms with Gasteiger partial charge in [0.25, 0.3) is 0 Å². The molecule has 2 rings (SSSR count). The van der Waals surface area contributed by atoms with Gasteiger partial charge in [-0.3, -0.25) is 14.5 Å². The summed E-state index contributed by atoms with van der Waals surface area (Å²) in [5.41, 5.74) is 5.64. The number of carbonyl (C=O) groups excluding carboxylic acids is 2. The average molecular weight is 310 g/mol. The van der Waals surface area contributed by atoms with Crippen molar-refractivity contribution in [2.45, 2.75) is 51.1 Å². The molecule has 2 fully saturated rings. The standard InChI is InChI=1S/C16H30N4O2/c1-13(17)16(22)20-10-8-19(9-11-20)12-15(21)18(2)14-6-4-3-5-7-14/h13-14H,3-12,17H2,1-2H3. The van der Waals surface area contributed by atoms with E-state index in [4.69, 9.17) is 5.73 Å². The summed E-state index contributed by atoms with van der Waals surface area (Å²) < 4.78 is 0. The molecule has 0 aromatic carbocycles. The highest BCUT2D eigenvalue weighted by atomic mass is 16.2. The first-order chi connectivity index (χ1) is 10.5. The van der Waals surface area contributed by atoms with Crippen molar-refractivity contribution in [1.82, 2.24) is 14.7 Å². The topological polar surface area (TPSA) is 69.9 Å². The van der Waals surface area contributed by atoms with Gasteiger partial charge >= 0.3 is 0 Å². The minimum Gasteiger partial charge on any atom is -0.342 e. The van der Waals surface area contributed by atoms with Gasteiger partial charge in [0.05, 0.1) is 12.6 Å². The van der Waals surface area contributed by atoms with Crippen LogP contribution in [0.1, 0.15) is 39.0 Å². The fraction of sp³-hybridized carbons (Fsp3) is 0.875. The first kappa shape index (κ1) is 17.2. The van der Waals surface area contributed by atoms with Crippen LogP contribution in [0.5, 0.6) is 0 Å². The molecule has 2 aliphatic rings. The van der Waals surface area contributed by atoms with Crippen molar-refractivity contribution < 1.29 is 9.59 Å². The molecule has 22 heavy (non-hydrogen) atoms. The number of carbonyl (C=O) groups is 2. The molecule has 2 amide bonds. The summed E-state index contributed by atoms with van der Waals surface area (Å²) in [4.78, 5) is 30.2. The molecule has 0 bridgehead atoms. The SMILES string of the molecule is CC(N)C(=O)N1CCN(CC(=O)N(C)C2CCCCC2)CC1. The molecular weight excluding hydrogens is 280 g/mol. The van der Waals surface area contributed by atoms with Crippen molar-refractivity contribution in [2.24, 2.45) is 5.73 Å². The Bertz CT molecular complexity index is 386. The third-order valence-electron chi connectivity index (χ3n) is 4.95. The van der Waals surface area contributed by atoms with E-state index in [0.717, 1.165) is 25.9 Å². The smallest absolute Gasteiger partial charge is 0.239 e. The summed E-state index contributed by atoms with van der Waals surface area (Å²) in [7, 11) is 1.94.